The first-order valence-electron chi connectivity index (χ1n) is 7.54. The lowest BCUT2D eigenvalue weighted by Gasteiger charge is -2.14. The number of benzene rings is 1. The molecule has 1 aromatic carbocycles. The predicted octanol–water partition coefficient (Wildman–Crippen LogP) is 2.71. The summed E-state index contributed by atoms with van der Waals surface area (Å²) in [7, 11) is 0. The third kappa shape index (κ3) is 2.51. The van der Waals surface area contributed by atoms with Gasteiger partial charge in [0.2, 0.25) is 0 Å². The number of hydrogen-bond donors (Lipinski definition) is 1. The number of anilines is 1. The molecular weight excluding hydrogens is 330 g/mol. The van der Waals surface area contributed by atoms with Crippen molar-refractivity contribution in [3.63, 3.8) is 0 Å². The Labute approximate surface area is 140 Å². The minimum Gasteiger partial charge on any atom is -0.507 e. The van der Waals surface area contributed by atoms with E-state index in [1.54, 1.807) is 29.0 Å². The van der Waals surface area contributed by atoms with Gasteiger partial charge in [-0.25, -0.2) is 18.3 Å². The van der Waals surface area contributed by atoms with Gasteiger partial charge in [-0.15, -0.1) is 0 Å². The van der Waals surface area contributed by atoms with Crippen LogP contribution >= 0.6 is 0 Å². The van der Waals surface area contributed by atoms with Crippen molar-refractivity contribution in [2.45, 2.75) is 6.42 Å². The number of aromatic nitrogens is 3. The van der Waals surface area contributed by atoms with Crippen LogP contribution in [0.3, 0.4) is 0 Å². The second kappa shape index (κ2) is 5.66. The van der Waals surface area contributed by atoms with Crippen molar-refractivity contribution in [2.75, 3.05) is 11.4 Å². The largest absolute Gasteiger partial charge is 0.507 e. The van der Waals surface area contributed by atoms with E-state index in [0.717, 1.165) is 18.2 Å². The summed E-state index contributed by atoms with van der Waals surface area (Å²) in [6.07, 6.45) is 3.45. The lowest BCUT2D eigenvalue weighted by atomic mass is 10.1. The first-order valence-corrected chi connectivity index (χ1v) is 7.54. The SMILES string of the molecule is O=C1/C(=C(\O)c2cc(F)ccc2F)CCN1c1ccn2nccc2n1. The zero-order valence-corrected chi connectivity index (χ0v) is 12.9. The van der Waals surface area contributed by atoms with E-state index in [1.807, 2.05) is 0 Å². The highest BCUT2D eigenvalue weighted by Crippen LogP contribution is 2.29. The lowest BCUT2D eigenvalue weighted by molar-refractivity contribution is -0.114. The molecule has 1 fully saturated rings. The van der Waals surface area contributed by atoms with Crippen molar-refractivity contribution < 1.29 is 18.7 Å². The van der Waals surface area contributed by atoms with Crippen LogP contribution in [-0.2, 0) is 4.79 Å². The monoisotopic (exact) mass is 342 g/mol. The van der Waals surface area contributed by atoms with E-state index in [-0.39, 0.29) is 24.1 Å². The molecule has 3 aromatic rings. The minimum atomic E-state index is -0.795. The number of hydrogen-bond acceptors (Lipinski definition) is 4. The van der Waals surface area contributed by atoms with Crippen LogP contribution in [0, 0.1) is 11.6 Å². The number of fused-ring (bicyclic) bond motifs is 1. The van der Waals surface area contributed by atoms with Crippen LogP contribution in [0.25, 0.3) is 11.4 Å². The van der Waals surface area contributed by atoms with Crippen molar-refractivity contribution in [1.82, 2.24) is 14.6 Å². The van der Waals surface area contributed by atoms with Gasteiger partial charge in [0.05, 0.1) is 17.3 Å². The van der Waals surface area contributed by atoms with Gasteiger partial charge in [0.1, 0.15) is 23.2 Å². The molecule has 1 N–H and O–H groups in total. The molecule has 0 spiro atoms. The van der Waals surface area contributed by atoms with Gasteiger partial charge < -0.3 is 5.11 Å². The maximum Gasteiger partial charge on any atom is 0.259 e. The van der Waals surface area contributed by atoms with Crippen LogP contribution in [0.15, 0.2) is 48.3 Å². The summed E-state index contributed by atoms with van der Waals surface area (Å²) >= 11 is 0. The van der Waals surface area contributed by atoms with Crippen LogP contribution in [-0.4, -0.2) is 32.2 Å². The summed E-state index contributed by atoms with van der Waals surface area (Å²) in [4.78, 5) is 18.3. The number of carbonyl (C=O) groups is 1. The fourth-order valence-corrected chi connectivity index (χ4v) is 2.83. The molecule has 0 bridgehead atoms. The van der Waals surface area contributed by atoms with E-state index < -0.39 is 23.3 Å². The molecule has 4 rings (SSSR count). The molecule has 3 heterocycles. The Morgan fingerprint density at radius 2 is 2.04 bits per heavy atom. The van der Waals surface area contributed by atoms with Gasteiger partial charge in [0.15, 0.2) is 5.65 Å². The number of amides is 1. The zero-order valence-electron chi connectivity index (χ0n) is 12.9. The van der Waals surface area contributed by atoms with Gasteiger partial charge in [-0.3, -0.25) is 9.69 Å². The van der Waals surface area contributed by atoms with Crippen molar-refractivity contribution >= 4 is 23.1 Å². The molecule has 0 aliphatic carbocycles. The van der Waals surface area contributed by atoms with E-state index in [9.17, 15) is 18.7 Å². The zero-order chi connectivity index (χ0) is 17.6. The summed E-state index contributed by atoms with van der Waals surface area (Å²) in [6.45, 7) is 0.284. The standard InChI is InChI=1S/C17H12F2N4O2/c18-10-1-2-13(19)12(9-10)16(24)11-4-7-22(17(11)25)14-5-8-23-15(21-14)3-6-20-23/h1-3,5-6,8-9,24H,4,7H2/b16-11-. The molecule has 1 saturated heterocycles. The molecule has 2 aromatic heterocycles. The van der Waals surface area contributed by atoms with E-state index in [0.29, 0.717) is 11.5 Å². The number of aliphatic hydroxyl groups is 1. The van der Waals surface area contributed by atoms with Gasteiger partial charge in [0.25, 0.3) is 5.91 Å². The van der Waals surface area contributed by atoms with Crippen LogP contribution in [0.2, 0.25) is 0 Å². The normalized spacial score (nSPS) is 16.7. The highest BCUT2D eigenvalue weighted by atomic mass is 19.1. The highest BCUT2D eigenvalue weighted by molar-refractivity contribution is 6.11. The van der Waals surface area contributed by atoms with Crippen molar-refractivity contribution in [3.8, 4) is 0 Å². The smallest absolute Gasteiger partial charge is 0.259 e. The van der Waals surface area contributed by atoms with Crippen molar-refractivity contribution in [2.24, 2.45) is 0 Å². The van der Waals surface area contributed by atoms with E-state index in [1.165, 1.54) is 4.90 Å². The molecule has 0 saturated carbocycles. The summed E-state index contributed by atoms with van der Waals surface area (Å²) in [6, 6.07) is 6.04. The Bertz CT molecular complexity index is 1030. The second-order valence-corrected chi connectivity index (χ2v) is 5.58. The highest BCUT2D eigenvalue weighted by Gasteiger charge is 2.32. The van der Waals surface area contributed by atoms with Crippen LogP contribution in [0.4, 0.5) is 14.6 Å². The molecule has 1 aliphatic rings. The van der Waals surface area contributed by atoms with Crippen LogP contribution < -0.4 is 4.90 Å². The Morgan fingerprint density at radius 3 is 2.88 bits per heavy atom. The van der Waals surface area contributed by atoms with Crippen molar-refractivity contribution in [1.29, 1.82) is 0 Å². The average Bonchev–Trinajstić information content (AvgIpc) is 3.22. The van der Waals surface area contributed by atoms with E-state index >= 15 is 0 Å². The maximum absolute atomic E-state index is 13.9. The molecule has 0 radical (unpaired) electrons. The third-order valence-electron chi connectivity index (χ3n) is 4.08. The molecule has 126 valence electrons. The summed E-state index contributed by atoms with van der Waals surface area (Å²) in [5.41, 5.74) is 0.271. The first-order chi connectivity index (χ1) is 12.0. The fraction of sp³-hybridized carbons (Fsp3) is 0.118. The molecular formula is C17H12F2N4O2. The van der Waals surface area contributed by atoms with Gasteiger partial charge >= 0.3 is 0 Å². The Kier molecular flexibility index (Phi) is 3.45. The minimum absolute atomic E-state index is 0.0275. The predicted molar refractivity (Wildman–Crippen MR) is 85.9 cm³/mol. The van der Waals surface area contributed by atoms with Crippen LogP contribution in [0.1, 0.15) is 12.0 Å². The number of aliphatic hydroxyl groups excluding tert-OH is 1. The molecule has 6 nitrogen and oxygen atoms in total. The summed E-state index contributed by atoms with van der Waals surface area (Å²) in [5.74, 6) is -2.12. The van der Waals surface area contributed by atoms with Crippen LogP contribution in [0.5, 0.6) is 0 Å². The van der Waals surface area contributed by atoms with E-state index in [4.69, 9.17) is 0 Å². The first kappa shape index (κ1) is 15.3. The average molecular weight is 342 g/mol. The molecule has 8 heteroatoms. The molecule has 0 atom stereocenters. The van der Waals surface area contributed by atoms with Gasteiger partial charge in [-0.2, -0.15) is 5.10 Å². The lowest BCUT2D eigenvalue weighted by Crippen LogP contribution is -2.26. The number of halogens is 2. The number of carbonyl (C=O) groups excluding carboxylic acids is 1. The van der Waals surface area contributed by atoms with Gasteiger partial charge in [-0.05, 0) is 30.7 Å². The van der Waals surface area contributed by atoms with Gasteiger partial charge in [-0.1, -0.05) is 0 Å². The quantitative estimate of drug-likeness (QED) is 0.574. The summed E-state index contributed by atoms with van der Waals surface area (Å²) in [5, 5.41) is 14.3. The Morgan fingerprint density at radius 1 is 1.20 bits per heavy atom. The Hall–Kier alpha value is -3.29. The fourth-order valence-electron chi connectivity index (χ4n) is 2.83. The topological polar surface area (TPSA) is 70.7 Å². The van der Waals surface area contributed by atoms with E-state index in [2.05, 4.69) is 10.1 Å². The number of rotatable bonds is 2. The number of nitrogens with zero attached hydrogens (tertiary/aromatic N) is 4. The summed E-state index contributed by atoms with van der Waals surface area (Å²) < 4.78 is 28.7. The second-order valence-electron chi connectivity index (χ2n) is 5.58. The third-order valence-corrected chi connectivity index (χ3v) is 4.08. The van der Waals surface area contributed by atoms with Gasteiger partial charge in [0, 0.05) is 18.8 Å². The van der Waals surface area contributed by atoms with Crippen molar-refractivity contribution in [3.05, 3.63) is 65.5 Å². The molecule has 1 amide bonds. The molecule has 1 aliphatic heterocycles. The molecule has 25 heavy (non-hydrogen) atoms. The Balaban J connectivity index is 1.72. The molecule has 0 unspecified atom stereocenters. The maximum atomic E-state index is 13.9.